The van der Waals surface area contributed by atoms with Crippen LogP contribution < -0.4 is 9.47 Å². The van der Waals surface area contributed by atoms with E-state index in [4.69, 9.17) is 14.6 Å². The monoisotopic (exact) mass is 316 g/mol. The van der Waals surface area contributed by atoms with Crippen LogP contribution >= 0.6 is 0 Å². The van der Waals surface area contributed by atoms with E-state index in [2.05, 4.69) is 32.9 Å². The number of methoxy groups -OCH3 is 1. The Bertz CT molecular complexity index is 564. The number of hydrogen-bond acceptors (Lipinski definition) is 3. The van der Waals surface area contributed by atoms with Crippen molar-refractivity contribution in [1.29, 1.82) is 0 Å². The molecular weight excluding hydrogens is 288 g/mol. The Hall–Kier alpha value is -2.00. The number of aliphatic hydroxyl groups excluding tert-OH is 1. The third-order valence-corrected chi connectivity index (χ3v) is 3.37. The van der Waals surface area contributed by atoms with Crippen LogP contribution in [0.15, 0.2) is 47.6 Å². The van der Waals surface area contributed by atoms with E-state index >= 15 is 0 Å². The lowest BCUT2D eigenvalue weighted by Gasteiger charge is -2.10. The molecule has 0 aliphatic heterocycles. The average molecular weight is 316 g/mol. The van der Waals surface area contributed by atoms with E-state index < -0.39 is 0 Å². The van der Waals surface area contributed by atoms with Crippen LogP contribution in [0.4, 0.5) is 0 Å². The van der Waals surface area contributed by atoms with Crippen molar-refractivity contribution in [3.05, 3.63) is 53.1 Å². The standard InChI is InChI=1S/C20H28O3/c1-16(2)7-5-8-17(3)12-14-23-19-11-10-18(9-6-13-21)15-20(19)22-4/h6-7,9-12,15,21H,5,8,13-14H2,1-4H3/b9-6+,17-12+. The van der Waals surface area contributed by atoms with E-state index in [-0.39, 0.29) is 6.61 Å². The Morgan fingerprint density at radius 3 is 2.57 bits per heavy atom. The van der Waals surface area contributed by atoms with Crippen LogP contribution in [0, 0.1) is 0 Å². The van der Waals surface area contributed by atoms with Crippen molar-refractivity contribution in [1.82, 2.24) is 0 Å². The van der Waals surface area contributed by atoms with E-state index in [1.165, 1.54) is 11.1 Å². The highest BCUT2D eigenvalue weighted by atomic mass is 16.5. The molecule has 1 aromatic rings. The van der Waals surface area contributed by atoms with Gasteiger partial charge in [0.25, 0.3) is 0 Å². The van der Waals surface area contributed by atoms with Crippen LogP contribution in [-0.2, 0) is 0 Å². The van der Waals surface area contributed by atoms with Gasteiger partial charge in [0.05, 0.1) is 13.7 Å². The quantitative estimate of drug-likeness (QED) is 0.667. The first-order chi connectivity index (χ1) is 11.1. The summed E-state index contributed by atoms with van der Waals surface area (Å²) in [7, 11) is 1.63. The minimum absolute atomic E-state index is 0.0252. The van der Waals surface area contributed by atoms with Gasteiger partial charge in [-0.3, -0.25) is 0 Å². The first kappa shape index (κ1) is 19.0. The van der Waals surface area contributed by atoms with Gasteiger partial charge in [0.1, 0.15) is 6.61 Å². The maximum absolute atomic E-state index is 8.82. The molecule has 0 aliphatic rings. The van der Waals surface area contributed by atoms with Crippen molar-refractivity contribution >= 4 is 6.08 Å². The zero-order valence-electron chi connectivity index (χ0n) is 14.6. The number of aliphatic hydroxyl groups is 1. The molecule has 3 heteroatoms. The van der Waals surface area contributed by atoms with E-state index in [1.807, 2.05) is 24.3 Å². The summed E-state index contributed by atoms with van der Waals surface area (Å²) in [5.41, 5.74) is 3.65. The summed E-state index contributed by atoms with van der Waals surface area (Å²) in [5, 5.41) is 8.82. The van der Waals surface area contributed by atoms with Crippen molar-refractivity contribution in [3.8, 4) is 11.5 Å². The summed E-state index contributed by atoms with van der Waals surface area (Å²) in [4.78, 5) is 0. The van der Waals surface area contributed by atoms with Gasteiger partial charge >= 0.3 is 0 Å². The van der Waals surface area contributed by atoms with Gasteiger partial charge in [0.2, 0.25) is 0 Å². The summed E-state index contributed by atoms with van der Waals surface area (Å²) in [5.74, 6) is 1.42. The van der Waals surface area contributed by atoms with Gasteiger partial charge in [-0.2, -0.15) is 0 Å². The van der Waals surface area contributed by atoms with E-state index in [1.54, 1.807) is 13.2 Å². The lowest BCUT2D eigenvalue weighted by Crippen LogP contribution is -1.98. The zero-order valence-corrected chi connectivity index (χ0v) is 14.6. The number of hydrogen-bond donors (Lipinski definition) is 1. The second kappa shape index (κ2) is 10.7. The lowest BCUT2D eigenvalue weighted by molar-refractivity contribution is 0.325. The van der Waals surface area contributed by atoms with Crippen molar-refractivity contribution in [2.45, 2.75) is 33.6 Å². The summed E-state index contributed by atoms with van der Waals surface area (Å²) >= 11 is 0. The number of benzene rings is 1. The number of ether oxygens (including phenoxy) is 2. The minimum Gasteiger partial charge on any atom is -0.493 e. The Balaban J connectivity index is 2.60. The number of allylic oxidation sites excluding steroid dienone is 3. The summed E-state index contributed by atoms with van der Waals surface area (Å²) in [6, 6.07) is 5.73. The van der Waals surface area contributed by atoms with Crippen LogP contribution in [-0.4, -0.2) is 25.4 Å². The predicted molar refractivity (Wildman–Crippen MR) is 97.0 cm³/mol. The molecule has 0 spiro atoms. The largest absolute Gasteiger partial charge is 0.493 e. The van der Waals surface area contributed by atoms with Crippen molar-refractivity contribution in [2.24, 2.45) is 0 Å². The van der Waals surface area contributed by atoms with Gasteiger partial charge in [-0.05, 0) is 57.4 Å². The molecule has 0 amide bonds. The van der Waals surface area contributed by atoms with E-state index in [0.717, 1.165) is 24.2 Å². The lowest BCUT2D eigenvalue weighted by atomic mass is 10.1. The highest BCUT2D eigenvalue weighted by molar-refractivity contribution is 5.55. The van der Waals surface area contributed by atoms with E-state index in [0.29, 0.717) is 12.4 Å². The van der Waals surface area contributed by atoms with Crippen LogP contribution in [0.1, 0.15) is 39.2 Å². The maximum atomic E-state index is 8.82. The van der Waals surface area contributed by atoms with Crippen LogP contribution in [0.3, 0.4) is 0 Å². The fourth-order valence-electron chi connectivity index (χ4n) is 2.06. The summed E-state index contributed by atoms with van der Waals surface area (Å²) < 4.78 is 11.2. The average Bonchev–Trinajstić information content (AvgIpc) is 2.53. The van der Waals surface area contributed by atoms with Crippen LogP contribution in [0.25, 0.3) is 6.08 Å². The molecule has 0 bridgehead atoms. The van der Waals surface area contributed by atoms with Gasteiger partial charge in [-0.15, -0.1) is 0 Å². The van der Waals surface area contributed by atoms with Crippen LogP contribution in [0.5, 0.6) is 11.5 Å². The molecular formula is C20H28O3. The fraction of sp³-hybridized carbons (Fsp3) is 0.400. The minimum atomic E-state index is 0.0252. The van der Waals surface area contributed by atoms with Gasteiger partial charge in [0.15, 0.2) is 11.5 Å². The highest BCUT2D eigenvalue weighted by Gasteiger charge is 2.04. The molecule has 1 rings (SSSR count). The normalized spacial score (nSPS) is 11.6. The fourth-order valence-corrected chi connectivity index (χ4v) is 2.06. The zero-order chi connectivity index (χ0) is 17.1. The molecule has 0 fully saturated rings. The van der Waals surface area contributed by atoms with Crippen molar-refractivity contribution in [2.75, 3.05) is 20.3 Å². The maximum Gasteiger partial charge on any atom is 0.161 e. The van der Waals surface area contributed by atoms with Crippen molar-refractivity contribution < 1.29 is 14.6 Å². The smallest absolute Gasteiger partial charge is 0.161 e. The molecule has 1 N–H and O–H groups in total. The molecule has 1 aromatic carbocycles. The topological polar surface area (TPSA) is 38.7 Å². The molecule has 0 heterocycles. The second-order valence-electron chi connectivity index (χ2n) is 5.68. The molecule has 0 unspecified atom stereocenters. The van der Waals surface area contributed by atoms with E-state index in [9.17, 15) is 0 Å². The van der Waals surface area contributed by atoms with Crippen molar-refractivity contribution in [3.63, 3.8) is 0 Å². The van der Waals surface area contributed by atoms with Gasteiger partial charge in [-0.25, -0.2) is 0 Å². The molecule has 126 valence electrons. The molecule has 23 heavy (non-hydrogen) atoms. The molecule has 0 aromatic heterocycles. The Morgan fingerprint density at radius 1 is 1.13 bits per heavy atom. The highest BCUT2D eigenvalue weighted by Crippen LogP contribution is 2.28. The van der Waals surface area contributed by atoms with Gasteiger partial charge in [0, 0.05) is 0 Å². The molecule has 0 atom stereocenters. The first-order valence-corrected chi connectivity index (χ1v) is 7.94. The van der Waals surface area contributed by atoms with Gasteiger partial charge in [-0.1, -0.05) is 35.4 Å². The Morgan fingerprint density at radius 2 is 1.91 bits per heavy atom. The SMILES string of the molecule is COc1cc(/C=C/CO)ccc1OC/C=C(\C)CCC=C(C)C. The second-order valence-corrected chi connectivity index (χ2v) is 5.68. The Kier molecular flexibility index (Phi) is 8.85. The Labute approximate surface area is 139 Å². The third-order valence-electron chi connectivity index (χ3n) is 3.37. The predicted octanol–water partition coefficient (Wildman–Crippen LogP) is 4.77. The molecule has 3 nitrogen and oxygen atoms in total. The third kappa shape index (κ3) is 7.71. The number of rotatable bonds is 9. The van der Waals surface area contributed by atoms with Crippen LogP contribution in [0.2, 0.25) is 0 Å². The summed E-state index contributed by atoms with van der Waals surface area (Å²) in [6.45, 7) is 6.92. The molecule has 0 saturated carbocycles. The summed E-state index contributed by atoms with van der Waals surface area (Å²) in [6.07, 6.45) is 10.0. The molecule has 0 aliphatic carbocycles. The molecule has 0 saturated heterocycles. The van der Waals surface area contributed by atoms with Gasteiger partial charge < -0.3 is 14.6 Å². The first-order valence-electron chi connectivity index (χ1n) is 7.94. The molecule has 0 radical (unpaired) electrons.